The molecule has 1 heterocycles. The van der Waals surface area contributed by atoms with Gasteiger partial charge in [-0.2, -0.15) is 13.2 Å². The van der Waals surface area contributed by atoms with E-state index in [0.717, 1.165) is 55.8 Å². The normalized spacial score (nSPS) is 15.6. The first kappa shape index (κ1) is 23.5. The van der Waals surface area contributed by atoms with Crippen LogP contribution in [0.2, 0.25) is 0 Å². The van der Waals surface area contributed by atoms with E-state index in [1.54, 1.807) is 4.90 Å². The molecule has 1 N–H and O–H groups in total. The number of anilines is 1. The van der Waals surface area contributed by atoms with Crippen LogP contribution in [0, 0.1) is 0 Å². The molecule has 2 aromatic rings. The molecule has 2 aromatic carbocycles. The number of benzene rings is 2. The molecule has 1 fully saturated rings. The zero-order valence-corrected chi connectivity index (χ0v) is 18.4. The molecule has 0 saturated carbocycles. The molecule has 2 amide bonds. The van der Waals surface area contributed by atoms with Crippen LogP contribution < -0.4 is 5.32 Å². The van der Waals surface area contributed by atoms with Crippen LogP contribution in [-0.2, 0) is 12.7 Å². The number of alkyl halides is 3. The van der Waals surface area contributed by atoms with Crippen molar-refractivity contribution < 1.29 is 18.0 Å². The first-order valence-electron chi connectivity index (χ1n) is 10.5. The average molecular weight is 452 g/mol. The fourth-order valence-corrected chi connectivity index (χ4v) is 4.53. The molecule has 1 aliphatic rings. The Hall–Kier alpha value is -2.19. The summed E-state index contributed by atoms with van der Waals surface area (Å²) in [6.45, 7) is 4.34. The molecule has 1 aliphatic heterocycles. The Morgan fingerprint density at radius 2 is 1.84 bits per heavy atom. The number of hydrogen-bond acceptors (Lipinski definition) is 3. The van der Waals surface area contributed by atoms with Crippen molar-refractivity contribution in [2.24, 2.45) is 0 Å². The summed E-state index contributed by atoms with van der Waals surface area (Å²) in [6.07, 6.45) is -1.67. The maximum atomic E-state index is 13.1. The van der Waals surface area contributed by atoms with Gasteiger partial charge in [-0.25, -0.2) is 4.79 Å². The molecule has 0 atom stereocenters. The van der Waals surface area contributed by atoms with Crippen LogP contribution in [0.25, 0.3) is 0 Å². The molecule has 1 saturated heterocycles. The summed E-state index contributed by atoms with van der Waals surface area (Å²) in [5.74, 6) is 1.08. The van der Waals surface area contributed by atoms with E-state index in [2.05, 4.69) is 16.5 Å². The lowest BCUT2D eigenvalue weighted by molar-refractivity contribution is -0.137. The quantitative estimate of drug-likeness (QED) is 0.505. The van der Waals surface area contributed by atoms with E-state index in [1.165, 1.54) is 12.1 Å². The fraction of sp³-hybridized carbons (Fsp3) is 0.435. The number of hydrogen-bond donors (Lipinski definition) is 1. The third kappa shape index (κ3) is 6.90. The van der Waals surface area contributed by atoms with Gasteiger partial charge in [0.15, 0.2) is 0 Å². The van der Waals surface area contributed by atoms with Gasteiger partial charge in [0.05, 0.1) is 5.56 Å². The first-order valence-corrected chi connectivity index (χ1v) is 11.5. The van der Waals surface area contributed by atoms with Gasteiger partial charge in [-0.3, -0.25) is 4.31 Å². The van der Waals surface area contributed by atoms with E-state index in [-0.39, 0.29) is 17.8 Å². The van der Waals surface area contributed by atoms with Gasteiger partial charge in [0.25, 0.3) is 0 Å². The molecule has 0 radical (unpaired) electrons. The van der Waals surface area contributed by atoms with Crippen LogP contribution >= 0.6 is 11.9 Å². The zero-order valence-electron chi connectivity index (χ0n) is 17.6. The van der Waals surface area contributed by atoms with Crippen molar-refractivity contribution in [3.63, 3.8) is 0 Å². The third-order valence-electron chi connectivity index (χ3n) is 5.24. The van der Waals surface area contributed by atoms with Gasteiger partial charge in [-0.05, 0) is 43.0 Å². The summed E-state index contributed by atoms with van der Waals surface area (Å²) < 4.78 is 41.5. The van der Waals surface area contributed by atoms with Crippen molar-refractivity contribution in [1.82, 2.24) is 9.21 Å². The lowest BCUT2D eigenvalue weighted by atomic mass is 10.0. The van der Waals surface area contributed by atoms with Crippen LogP contribution in [0.1, 0.15) is 37.3 Å². The average Bonchev–Trinajstić information content (AvgIpc) is 2.77. The number of nitrogens with zero attached hydrogens (tertiary/aromatic N) is 2. The summed E-state index contributed by atoms with van der Waals surface area (Å²) in [6, 6.07) is 14.1. The SMILES string of the molecule is CCCSN1CCC(N(Cc2ccccc2)C(=O)Nc2cccc(C(F)(F)F)c2)CC1. The number of rotatable bonds is 7. The van der Waals surface area contributed by atoms with Crippen molar-refractivity contribution in [3.8, 4) is 0 Å². The van der Waals surface area contributed by atoms with Crippen molar-refractivity contribution in [2.45, 2.75) is 44.9 Å². The molecule has 0 bridgehead atoms. The van der Waals surface area contributed by atoms with Crippen LogP contribution in [-0.4, -0.2) is 40.1 Å². The molecular weight excluding hydrogens is 423 g/mol. The Bertz CT molecular complexity index is 839. The highest BCUT2D eigenvalue weighted by atomic mass is 32.2. The Labute approximate surface area is 185 Å². The topological polar surface area (TPSA) is 35.6 Å². The van der Waals surface area contributed by atoms with Gasteiger partial charge in [-0.15, -0.1) is 0 Å². The molecule has 0 aromatic heterocycles. The van der Waals surface area contributed by atoms with Crippen molar-refractivity contribution in [1.29, 1.82) is 0 Å². The third-order valence-corrected chi connectivity index (χ3v) is 6.56. The number of halogens is 3. The maximum Gasteiger partial charge on any atom is 0.416 e. The second-order valence-electron chi connectivity index (χ2n) is 7.62. The number of carbonyl (C=O) groups excluding carboxylic acids is 1. The molecule has 0 spiro atoms. The summed E-state index contributed by atoms with van der Waals surface area (Å²) in [5.41, 5.74) is 0.361. The largest absolute Gasteiger partial charge is 0.416 e. The molecule has 0 unspecified atom stereocenters. The van der Waals surface area contributed by atoms with E-state index in [4.69, 9.17) is 0 Å². The van der Waals surface area contributed by atoms with E-state index in [0.29, 0.717) is 6.54 Å². The maximum absolute atomic E-state index is 13.1. The van der Waals surface area contributed by atoms with Gasteiger partial charge in [0, 0.05) is 37.1 Å². The second-order valence-corrected chi connectivity index (χ2v) is 8.80. The van der Waals surface area contributed by atoms with Gasteiger partial charge >= 0.3 is 12.2 Å². The lowest BCUT2D eigenvalue weighted by Gasteiger charge is -2.38. The van der Waals surface area contributed by atoms with Gasteiger partial charge in [-0.1, -0.05) is 55.3 Å². The highest BCUT2D eigenvalue weighted by molar-refractivity contribution is 7.97. The van der Waals surface area contributed by atoms with E-state index < -0.39 is 11.7 Å². The zero-order chi connectivity index (χ0) is 22.3. The van der Waals surface area contributed by atoms with Crippen LogP contribution in [0.15, 0.2) is 54.6 Å². The minimum absolute atomic E-state index is 0.0319. The smallest absolute Gasteiger partial charge is 0.317 e. The van der Waals surface area contributed by atoms with Crippen LogP contribution in [0.5, 0.6) is 0 Å². The number of urea groups is 1. The first-order chi connectivity index (χ1) is 14.9. The molecule has 8 heteroatoms. The summed E-state index contributed by atoms with van der Waals surface area (Å²) >= 11 is 1.84. The standard InChI is InChI=1S/C23H28F3N3OS/c1-2-15-31-28-13-11-21(12-14-28)29(17-18-7-4-3-5-8-18)22(30)27-20-10-6-9-19(16-20)23(24,25)26/h3-10,16,21H,2,11-15,17H2,1H3,(H,27,30). The fourth-order valence-electron chi connectivity index (χ4n) is 3.62. The minimum atomic E-state index is -4.45. The second kappa shape index (κ2) is 10.9. The predicted molar refractivity (Wildman–Crippen MR) is 120 cm³/mol. The molecule has 0 aliphatic carbocycles. The monoisotopic (exact) mass is 451 g/mol. The van der Waals surface area contributed by atoms with Crippen LogP contribution in [0.3, 0.4) is 0 Å². The lowest BCUT2D eigenvalue weighted by Crippen LogP contribution is -2.47. The number of piperidine rings is 1. The Morgan fingerprint density at radius 1 is 1.13 bits per heavy atom. The molecule has 31 heavy (non-hydrogen) atoms. The van der Waals surface area contributed by atoms with Crippen molar-refractivity contribution in [2.75, 3.05) is 24.2 Å². The molecule has 3 rings (SSSR count). The molecule has 4 nitrogen and oxygen atoms in total. The van der Waals surface area contributed by atoms with Gasteiger partial charge in [0.1, 0.15) is 0 Å². The summed E-state index contributed by atoms with van der Waals surface area (Å²) in [4.78, 5) is 14.9. The Kier molecular flexibility index (Phi) is 8.26. The van der Waals surface area contributed by atoms with E-state index >= 15 is 0 Å². The van der Waals surface area contributed by atoms with Crippen molar-refractivity contribution in [3.05, 3.63) is 65.7 Å². The highest BCUT2D eigenvalue weighted by Gasteiger charge is 2.31. The van der Waals surface area contributed by atoms with Gasteiger partial charge in [0.2, 0.25) is 0 Å². The van der Waals surface area contributed by atoms with Crippen molar-refractivity contribution >= 4 is 23.7 Å². The van der Waals surface area contributed by atoms with Gasteiger partial charge < -0.3 is 10.2 Å². The number of nitrogens with one attached hydrogen (secondary N) is 1. The highest BCUT2D eigenvalue weighted by Crippen LogP contribution is 2.31. The molecule has 168 valence electrons. The van der Waals surface area contributed by atoms with E-state index in [9.17, 15) is 18.0 Å². The Morgan fingerprint density at radius 3 is 2.48 bits per heavy atom. The van der Waals surface area contributed by atoms with E-state index in [1.807, 2.05) is 42.3 Å². The molecular formula is C23H28F3N3OS. The van der Waals surface area contributed by atoms with Crippen LogP contribution in [0.4, 0.5) is 23.7 Å². The number of amides is 2. The summed E-state index contributed by atoms with van der Waals surface area (Å²) in [5, 5.41) is 2.69. The number of carbonyl (C=O) groups is 1. The predicted octanol–water partition coefficient (Wildman–Crippen LogP) is 6.26. The summed E-state index contributed by atoms with van der Waals surface area (Å²) in [7, 11) is 0. The Balaban J connectivity index is 1.73. The minimum Gasteiger partial charge on any atom is -0.317 e.